The number of nitrogens with two attached hydrogens (primary N) is 1. The minimum absolute atomic E-state index is 0. The first-order valence-corrected chi connectivity index (χ1v) is 8.24. The lowest BCUT2D eigenvalue weighted by Gasteiger charge is -2.13. The Bertz CT molecular complexity index is 873. The van der Waals surface area contributed by atoms with E-state index in [9.17, 15) is 26.3 Å². The van der Waals surface area contributed by atoms with Crippen molar-refractivity contribution >= 4 is 35.6 Å². The van der Waals surface area contributed by atoms with Crippen LogP contribution in [0.15, 0.2) is 47.5 Å². The third kappa shape index (κ3) is 9.85. The van der Waals surface area contributed by atoms with Gasteiger partial charge in [0, 0.05) is 5.69 Å². The molecule has 2 rings (SSSR count). The van der Waals surface area contributed by atoms with E-state index in [1.54, 1.807) is 0 Å². The molecule has 0 aliphatic heterocycles. The highest BCUT2D eigenvalue weighted by atomic mass is 127. The fourth-order valence-corrected chi connectivity index (χ4v) is 2.19. The zero-order valence-corrected chi connectivity index (χ0v) is 18.2. The van der Waals surface area contributed by atoms with Gasteiger partial charge in [0.05, 0.1) is 13.7 Å². The second-order valence-electron chi connectivity index (χ2n) is 5.79. The van der Waals surface area contributed by atoms with Gasteiger partial charge in [0.15, 0.2) is 24.1 Å². The monoisotopic (exact) mass is 565 g/mol. The molecule has 2 aromatic rings. The van der Waals surface area contributed by atoms with E-state index in [1.807, 2.05) is 0 Å². The molecule has 0 heterocycles. The molecule has 0 spiro atoms. The molecule has 0 unspecified atom stereocenters. The number of hydrogen-bond acceptors (Lipinski definition) is 4. The third-order valence-electron chi connectivity index (χ3n) is 3.41. The Morgan fingerprint density at radius 1 is 1.00 bits per heavy atom. The van der Waals surface area contributed by atoms with E-state index < -0.39 is 19.1 Å². The molecule has 0 saturated heterocycles. The van der Waals surface area contributed by atoms with Crippen molar-refractivity contribution in [1.82, 2.24) is 0 Å². The molecular formula is C18H18F6IN3O3. The highest BCUT2D eigenvalue weighted by Crippen LogP contribution is 2.30. The molecule has 6 nitrogen and oxygen atoms in total. The normalized spacial score (nSPS) is 12.0. The Morgan fingerprint density at radius 2 is 1.65 bits per heavy atom. The van der Waals surface area contributed by atoms with Gasteiger partial charge in [-0.25, -0.2) is 4.99 Å². The molecule has 0 atom stereocenters. The summed E-state index contributed by atoms with van der Waals surface area (Å²) in [6.07, 6.45) is -9.27. The lowest BCUT2D eigenvalue weighted by Crippen LogP contribution is -2.22. The first kappa shape index (κ1) is 26.5. The Kier molecular flexibility index (Phi) is 9.52. The fourth-order valence-electron chi connectivity index (χ4n) is 2.19. The van der Waals surface area contributed by atoms with Gasteiger partial charge >= 0.3 is 12.5 Å². The van der Waals surface area contributed by atoms with Crippen LogP contribution in [0.1, 0.15) is 5.56 Å². The van der Waals surface area contributed by atoms with Gasteiger partial charge in [-0.1, -0.05) is 6.07 Å². The van der Waals surface area contributed by atoms with Gasteiger partial charge in [0.1, 0.15) is 5.75 Å². The van der Waals surface area contributed by atoms with Crippen LogP contribution in [-0.4, -0.2) is 32.2 Å². The van der Waals surface area contributed by atoms with Crippen LogP contribution < -0.4 is 25.3 Å². The van der Waals surface area contributed by atoms with Gasteiger partial charge < -0.3 is 25.3 Å². The summed E-state index contributed by atoms with van der Waals surface area (Å²) in [7, 11) is 1.28. The van der Waals surface area contributed by atoms with Gasteiger partial charge in [-0.2, -0.15) is 13.2 Å². The number of ether oxygens (including phenoxy) is 3. The van der Waals surface area contributed by atoms with Crippen LogP contribution in [0.2, 0.25) is 0 Å². The first-order valence-electron chi connectivity index (χ1n) is 8.24. The van der Waals surface area contributed by atoms with E-state index in [-0.39, 0.29) is 53.7 Å². The van der Waals surface area contributed by atoms with Crippen molar-refractivity contribution in [3.8, 4) is 17.2 Å². The minimum atomic E-state index is -4.79. The number of alkyl halides is 6. The van der Waals surface area contributed by atoms with Crippen molar-refractivity contribution in [2.75, 3.05) is 19.0 Å². The summed E-state index contributed by atoms with van der Waals surface area (Å²) in [4.78, 5) is 4.06. The maximum absolute atomic E-state index is 12.3. The molecule has 0 aromatic heterocycles. The number of guanidine groups is 1. The number of halogens is 7. The number of methoxy groups -OCH3 is 1. The first-order chi connectivity index (χ1) is 13.9. The largest absolute Gasteiger partial charge is 0.573 e. The van der Waals surface area contributed by atoms with Crippen LogP contribution >= 0.6 is 24.0 Å². The van der Waals surface area contributed by atoms with Crippen molar-refractivity contribution in [2.24, 2.45) is 10.7 Å². The molecule has 172 valence electrons. The third-order valence-corrected chi connectivity index (χ3v) is 3.41. The molecule has 0 saturated carbocycles. The van der Waals surface area contributed by atoms with Crippen molar-refractivity contribution in [2.45, 2.75) is 19.1 Å². The van der Waals surface area contributed by atoms with E-state index in [2.05, 4.69) is 19.8 Å². The maximum Gasteiger partial charge on any atom is 0.573 e. The van der Waals surface area contributed by atoms with Gasteiger partial charge in [-0.3, -0.25) is 0 Å². The number of nitrogens with zero attached hydrogens (tertiary/aromatic N) is 1. The van der Waals surface area contributed by atoms with Gasteiger partial charge in [0.2, 0.25) is 0 Å². The average molecular weight is 565 g/mol. The molecule has 31 heavy (non-hydrogen) atoms. The number of hydrogen-bond donors (Lipinski definition) is 2. The van der Waals surface area contributed by atoms with Crippen molar-refractivity contribution in [1.29, 1.82) is 0 Å². The number of rotatable bonds is 7. The average Bonchev–Trinajstić information content (AvgIpc) is 2.64. The van der Waals surface area contributed by atoms with Crippen molar-refractivity contribution in [3.05, 3.63) is 48.0 Å². The second kappa shape index (κ2) is 11.2. The predicted molar refractivity (Wildman–Crippen MR) is 112 cm³/mol. The van der Waals surface area contributed by atoms with E-state index in [0.717, 1.165) is 12.1 Å². The quantitative estimate of drug-likeness (QED) is 0.212. The summed E-state index contributed by atoms with van der Waals surface area (Å²) < 4.78 is 86.7. The van der Waals surface area contributed by atoms with E-state index in [1.165, 1.54) is 37.4 Å². The number of anilines is 1. The van der Waals surface area contributed by atoms with Crippen LogP contribution in [0.4, 0.5) is 32.0 Å². The standard InChI is InChI=1S/C18H17F6N3O3.HI/c1-28-15-8-11(2-7-14(15)29-10-17(19,20)21)9-26-16(25)27-12-3-5-13(6-4-12)30-18(22,23)24;/h2-8H,9-10H2,1H3,(H3,25,26,27);1H. The Hall–Kier alpha value is -2.58. The van der Waals surface area contributed by atoms with Crippen molar-refractivity contribution < 1.29 is 40.6 Å². The van der Waals surface area contributed by atoms with Gasteiger partial charge in [-0.05, 0) is 42.0 Å². The number of aliphatic imine (C=N–C) groups is 1. The van der Waals surface area contributed by atoms with Crippen LogP contribution in [-0.2, 0) is 6.54 Å². The summed E-state index contributed by atoms with van der Waals surface area (Å²) in [6.45, 7) is -1.39. The molecular weight excluding hydrogens is 547 g/mol. The zero-order valence-electron chi connectivity index (χ0n) is 15.9. The minimum Gasteiger partial charge on any atom is -0.493 e. The molecule has 2 aromatic carbocycles. The van der Waals surface area contributed by atoms with Crippen molar-refractivity contribution in [3.63, 3.8) is 0 Å². The Balaban J connectivity index is 0.00000480. The number of benzene rings is 2. The summed E-state index contributed by atoms with van der Waals surface area (Å²) in [5.74, 6) is -0.395. The Labute approximate surface area is 190 Å². The smallest absolute Gasteiger partial charge is 0.493 e. The zero-order chi connectivity index (χ0) is 22.4. The van der Waals surface area contributed by atoms with E-state index in [0.29, 0.717) is 11.3 Å². The molecule has 0 bridgehead atoms. The Morgan fingerprint density at radius 3 is 2.19 bits per heavy atom. The lowest BCUT2D eigenvalue weighted by atomic mass is 10.2. The molecule has 0 radical (unpaired) electrons. The molecule has 13 heteroatoms. The van der Waals surface area contributed by atoms with E-state index >= 15 is 0 Å². The predicted octanol–water partition coefficient (Wildman–Crippen LogP) is 5.08. The maximum atomic E-state index is 12.3. The highest BCUT2D eigenvalue weighted by molar-refractivity contribution is 14.0. The number of nitrogens with one attached hydrogen (secondary N) is 1. The van der Waals surface area contributed by atoms with Crippen LogP contribution in [0.25, 0.3) is 0 Å². The van der Waals surface area contributed by atoms with Gasteiger partial charge in [-0.15, -0.1) is 37.1 Å². The van der Waals surface area contributed by atoms with Crippen LogP contribution in [0.3, 0.4) is 0 Å². The lowest BCUT2D eigenvalue weighted by molar-refractivity contribution is -0.274. The highest BCUT2D eigenvalue weighted by Gasteiger charge is 2.31. The van der Waals surface area contributed by atoms with Crippen LogP contribution in [0.5, 0.6) is 17.2 Å². The molecule has 3 N–H and O–H groups in total. The topological polar surface area (TPSA) is 78.1 Å². The molecule has 0 aliphatic rings. The molecule has 0 aliphatic carbocycles. The summed E-state index contributed by atoms with van der Waals surface area (Å²) in [5.41, 5.74) is 6.68. The summed E-state index contributed by atoms with van der Waals surface area (Å²) >= 11 is 0. The SMILES string of the molecule is COc1cc(CN=C(N)Nc2ccc(OC(F)(F)F)cc2)ccc1OCC(F)(F)F.I. The second-order valence-corrected chi connectivity index (χ2v) is 5.79. The fraction of sp³-hybridized carbons (Fsp3) is 0.278. The van der Waals surface area contributed by atoms with Crippen LogP contribution in [0, 0.1) is 0 Å². The molecule has 0 amide bonds. The summed E-state index contributed by atoms with van der Waals surface area (Å²) in [6, 6.07) is 9.11. The summed E-state index contributed by atoms with van der Waals surface area (Å²) in [5, 5.41) is 2.69. The van der Waals surface area contributed by atoms with E-state index in [4.69, 9.17) is 10.5 Å². The molecule has 0 fully saturated rings. The van der Waals surface area contributed by atoms with Gasteiger partial charge in [0.25, 0.3) is 0 Å².